The van der Waals surface area contributed by atoms with Crippen molar-refractivity contribution < 1.29 is 28.6 Å². The summed E-state index contributed by atoms with van der Waals surface area (Å²) in [6, 6.07) is 0. The maximum atomic E-state index is 12.8. The number of carbonyl (C=O) groups is 3. The van der Waals surface area contributed by atoms with E-state index in [-0.39, 0.29) is 37.5 Å². The molecule has 430 valence electrons. The molecule has 77 heavy (non-hydrogen) atoms. The molecule has 0 saturated carbocycles. The first-order valence-electron chi connectivity index (χ1n) is 30.6. The topological polar surface area (TPSA) is 78.9 Å². The van der Waals surface area contributed by atoms with Crippen molar-refractivity contribution in [3.05, 3.63) is 170 Å². The van der Waals surface area contributed by atoms with Crippen LogP contribution >= 0.6 is 0 Å². The van der Waals surface area contributed by atoms with Gasteiger partial charge in [0.1, 0.15) is 13.2 Å². The highest BCUT2D eigenvalue weighted by atomic mass is 16.6. The Hall–Kier alpha value is -5.23. The zero-order valence-electron chi connectivity index (χ0n) is 49.1. The normalized spacial score (nSPS) is 13.3. The molecule has 0 spiro atoms. The molecular weight excluding hydrogens is 949 g/mol. The molecule has 0 radical (unpaired) electrons. The average molecular weight is 1060 g/mol. The summed E-state index contributed by atoms with van der Waals surface area (Å²) in [6.45, 7) is 6.31. The van der Waals surface area contributed by atoms with Crippen LogP contribution in [0, 0.1) is 0 Å². The highest BCUT2D eigenvalue weighted by Gasteiger charge is 2.19. The molecule has 0 N–H and O–H groups in total. The number of ether oxygens (including phenoxy) is 3. The van der Waals surface area contributed by atoms with Gasteiger partial charge >= 0.3 is 17.9 Å². The molecule has 0 rings (SSSR count). The molecule has 0 aromatic carbocycles. The average Bonchev–Trinajstić information content (AvgIpc) is 3.43. The van der Waals surface area contributed by atoms with Crippen LogP contribution < -0.4 is 0 Å². The predicted octanol–water partition coefficient (Wildman–Crippen LogP) is 21.1. The molecule has 6 nitrogen and oxygen atoms in total. The van der Waals surface area contributed by atoms with Crippen molar-refractivity contribution in [1.29, 1.82) is 0 Å². The zero-order chi connectivity index (χ0) is 55.7. The van der Waals surface area contributed by atoms with E-state index < -0.39 is 6.10 Å². The molecule has 0 amide bonds. The van der Waals surface area contributed by atoms with E-state index >= 15 is 0 Å². The molecule has 0 saturated heterocycles. The minimum atomic E-state index is -0.809. The van der Waals surface area contributed by atoms with Crippen LogP contribution in [0.5, 0.6) is 0 Å². The van der Waals surface area contributed by atoms with Crippen molar-refractivity contribution >= 4 is 17.9 Å². The Bertz CT molecular complexity index is 1790. The van der Waals surface area contributed by atoms with Gasteiger partial charge in [0.2, 0.25) is 0 Å². The second-order valence-electron chi connectivity index (χ2n) is 19.5. The lowest BCUT2D eigenvalue weighted by atomic mass is 10.1. The Kier molecular flexibility index (Phi) is 59.0. The largest absolute Gasteiger partial charge is 0.462 e. The summed E-state index contributed by atoms with van der Waals surface area (Å²) in [6.07, 6.45) is 93.7. The van der Waals surface area contributed by atoms with E-state index in [0.717, 1.165) is 173 Å². The van der Waals surface area contributed by atoms with Gasteiger partial charge in [0.05, 0.1) is 0 Å². The highest BCUT2D eigenvalue weighted by Crippen LogP contribution is 2.13. The smallest absolute Gasteiger partial charge is 0.306 e. The molecule has 0 bridgehead atoms. The fourth-order valence-electron chi connectivity index (χ4n) is 7.69. The van der Waals surface area contributed by atoms with E-state index in [1.54, 1.807) is 0 Å². The third-order valence-corrected chi connectivity index (χ3v) is 12.2. The van der Waals surface area contributed by atoms with Crippen LogP contribution in [0.15, 0.2) is 170 Å². The molecule has 6 heteroatoms. The van der Waals surface area contributed by atoms with Crippen molar-refractivity contribution in [3.63, 3.8) is 0 Å². The molecule has 0 aromatic heterocycles. The van der Waals surface area contributed by atoms with Gasteiger partial charge < -0.3 is 14.2 Å². The molecule has 0 aliphatic carbocycles. The molecule has 1 unspecified atom stereocenters. The highest BCUT2D eigenvalue weighted by molar-refractivity contribution is 5.71. The van der Waals surface area contributed by atoms with E-state index in [9.17, 15) is 14.4 Å². The van der Waals surface area contributed by atoms with Crippen LogP contribution in [0.2, 0.25) is 0 Å². The molecule has 1 atom stereocenters. The number of unbranched alkanes of at least 4 members (excludes halogenated alkanes) is 14. The van der Waals surface area contributed by atoms with Crippen LogP contribution in [-0.4, -0.2) is 37.2 Å². The van der Waals surface area contributed by atoms with Crippen LogP contribution in [-0.2, 0) is 28.6 Å². The number of esters is 3. The van der Waals surface area contributed by atoms with Crippen LogP contribution in [0.25, 0.3) is 0 Å². The van der Waals surface area contributed by atoms with E-state index in [1.807, 2.05) is 0 Å². The van der Waals surface area contributed by atoms with Gasteiger partial charge in [-0.1, -0.05) is 255 Å². The summed E-state index contributed by atoms with van der Waals surface area (Å²) in [7, 11) is 0. The minimum absolute atomic E-state index is 0.104. The lowest BCUT2D eigenvalue weighted by Gasteiger charge is -2.18. The molecule has 0 heterocycles. The first kappa shape index (κ1) is 71.8. The second kappa shape index (κ2) is 63.3. The number of allylic oxidation sites excluding steroid dienone is 28. The van der Waals surface area contributed by atoms with Crippen molar-refractivity contribution in [3.8, 4) is 0 Å². The van der Waals surface area contributed by atoms with Gasteiger partial charge in [0.15, 0.2) is 6.10 Å². The van der Waals surface area contributed by atoms with E-state index in [1.165, 1.54) is 25.7 Å². The number of rotatable bonds is 53. The van der Waals surface area contributed by atoms with Crippen molar-refractivity contribution in [2.45, 2.75) is 245 Å². The van der Waals surface area contributed by atoms with Gasteiger partial charge in [-0.05, 0) is 135 Å². The van der Waals surface area contributed by atoms with Crippen LogP contribution in [0.1, 0.15) is 239 Å². The van der Waals surface area contributed by atoms with Gasteiger partial charge in [-0.3, -0.25) is 14.4 Å². The van der Waals surface area contributed by atoms with Gasteiger partial charge in [-0.25, -0.2) is 0 Å². The Morgan fingerprint density at radius 1 is 0.273 bits per heavy atom. The van der Waals surface area contributed by atoms with Gasteiger partial charge in [-0.15, -0.1) is 0 Å². The van der Waals surface area contributed by atoms with E-state index in [4.69, 9.17) is 14.2 Å². The summed E-state index contributed by atoms with van der Waals surface area (Å²) in [5, 5.41) is 0. The van der Waals surface area contributed by atoms with Gasteiger partial charge in [-0.2, -0.15) is 0 Å². The fraction of sp³-hybridized carbons (Fsp3) is 0.563. The first-order chi connectivity index (χ1) is 38.0. The molecule has 0 aliphatic rings. The summed E-state index contributed by atoms with van der Waals surface area (Å²) < 4.78 is 16.8. The summed E-state index contributed by atoms with van der Waals surface area (Å²) in [4.78, 5) is 38.0. The minimum Gasteiger partial charge on any atom is -0.462 e. The SMILES string of the molecule is CC/C=C\C/C=C\C/C=C\C/C=C\C/C=C\C/C=C\C/C=C\C/C=C\CCCCCCC(=O)OCC(COC(=O)CCCCCCCCC)OC(=O)CCCCCC/C=C\C/C=C\C/C=C\C/C=C\C/C=C\C/C=C\CC. The number of carbonyl (C=O) groups excluding carboxylic acids is 3. The standard InChI is InChI=1S/C71H110O6/c1-4-7-10-13-16-18-20-22-24-26-28-30-32-33-34-35-36-37-39-40-42-44-46-48-50-52-55-58-61-64-70(73)76-67-68(66-75-69(72)63-60-57-54-15-12-9-6-3)77-71(74)65-62-59-56-53-51-49-47-45-43-41-38-31-29-27-25-23-21-19-17-14-11-8-5-2/h7-8,10-11,16-19,22-25,28-31,33-34,36-37,40-43,46-49,68H,4-6,9,12-15,20-21,26-27,32,35,38-39,44-45,50-67H2,1-3H3/b10-7-,11-8-,18-16-,19-17-,24-22-,25-23-,30-28-,31-29-,34-33-,37-36-,42-40-,43-41-,48-46-,49-47-. The molecule has 0 aromatic rings. The van der Waals surface area contributed by atoms with E-state index in [0.29, 0.717) is 12.8 Å². The zero-order valence-corrected chi connectivity index (χ0v) is 49.1. The molecular formula is C71H110O6. The monoisotopic (exact) mass is 1060 g/mol. The van der Waals surface area contributed by atoms with Crippen molar-refractivity contribution in [2.24, 2.45) is 0 Å². The summed E-state index contributed by atoms with van der Waals surface area (Å²) in [5.74, 6) is -0.971. The Labute approximate surface area is 472 Å². The Morgan fingerprint density at radius 3 is 0.792 bits per heavy atom. The van der Waals surface area contributed by atoms with Crippen molar-refractivity contribution in [2.75, 3.05) is 13.2 Å². The lowest BCUT2D eigenvalue weighted by molar-refractivity contribution is -0.167. The fourth-order valence-corrected chi connectivity index (χ4v) is 7.69. The van der Waals surface area contributed by atoms with Crippen molar-refractivity contribution in [1.82, 2.24) is 0 Å². The quantitative estimate of drug-likeness (QED) is 0.0261. The molecule has 0 fully saturated rings. The maximum absolute atomic E-state index is 12.8. The summed E-state index contributed by atoms with van der Waals surface area (Å²) in [5.41, 5.74) is 0. The predicted molar refractivity (Wildman–Crippen MR) is 334 cm³/mol. The Balaban J connectivity index is 4.33. The van der Waals surface area contributed by atoms with E-state index in [2.05, 4.69) is 191 Å². The lowest BCUT2D eigenvalue weighted by Crippen LogP contribution is -2.30. The third kappa shape index (κ3) is 61.5. The Morgan fingerprint density at radius 2 is 0.506 bits per heavy atom. The summed E-state index contributed by atoms with van der Waals surface area (Å²) >= 11 is 0. The second-order valence-corrected chi connectivity index (χ2v) is 19.5. The van der Waals surface area contributed by atoms with Gasteiger partial charge in [0.25, 0.3) is 0 Å². The number of hydrogen-bond acceptors (Lipinski definition) is 6. The number of hydrogen-bond donors (Lipinski definition) is 0. The third-order valence-electron chi connectivity index (χ3n) is 12.2. The van der Waals surface area contributed by atoms with Gasteiger partial charge in [0, 0.05) is 19.3 Å². The van der Waals surface area contributed by atoms with Crippen LogP contribution in [0.3, 0.4) is 0 Å². The maximum Gasteiger partial charge on any atom is 0.306 e. The molecule has 0 aliphatic heterocycles. The van der Waals surface area contributed by atoms with Crippen LogP contribution in [0.4, 0.5) is 0 Å². The first-order valence-corrected chi connectivity index (χ1v) is 30.6.